The SMILES string of the molecule is CC(=O)/C(C(=N)C(=O)c1ccccc1)=C(\C)O. The molecule has 0 aliphatic rings. The van der Waals surface area contributed by atoms with Gasteiger partial charge >= 0.3 is 0 Å². The van der Waals surface area contributed by atoms with Gasteiger partial charge in [0.15, 0.2) is 5.78 Å². The van der Waals surface area contributed by atoms with Gasteiger partial charge in [0, 0.05) is 5.56 Å². The van der Waals surface area contributed by atoms with Gasteiger partial charge in [-0.25, -0.2) is 0 Å². The fourth-order valence-corrected chi connectivity index (χ4v) is 1.46. The van der Waals surface area contributed by atoms with Crippen LogP contribution in [0.1, 0.15) is 24.2 Å². The number of hydrogen-bond donors (Lipinski definition) is 2. The van der Waals surface area contributed by atoms with Gasteiger partial charge in [-0.2, -0.15) is 0 Å². The molecule has 0 aromatic heterocycles. The van der Waals surface area contributed by atoms with Crippen LogP contribution in [0, 0.1) is 5.41 Å². The van der Waals surface area contributed by atoms with Crippen molar-refractivity contribution in [3.63, 3.8) is 0 Å². The third-order valence-corrected chi connectivity index (χ3v) is 2.23. The van der Waals surface area contributed by atoms with E-state index in [4.69, 9.17) is 5.41 Å². The zero-order valence-corrected chi connectivity index (χ0v) is 9.65. The molecule has 4 nitrogen and oxygen atoms in total. The minimum absolute atomic E-state index is 0.237. The van der Waals surface area contributed by atoms with Gasteiger partial charge in [-0.15, -0.1) is 0 Å². The first-order chi connectivity index (χ1) is 7.95. The quantitative estimate of drug-likeness (QED) is 0.361. The van der Waals surface area contributed by atoms with Crippen molar-refractivity contribution < 1.29 is 14.7 Å². The Kier molecular flexibility index (Phi) is 3.93. The lowest BCUT2D eigenvalue weighted by Gasteiger charge is -2.06. The molecule has 0 unspecified atom stereocenters. The molecule has 0 radical (unpaired) electrons. The van der Waals surface area contributed by atoms with Crippen LogP contribution in [0.4, 0.5) is 0 Å². The van der Waals surface area contributed by atoms with Crippen LogP contribution in [0.15, 0.2) is 41.7 Å². The Bertz CT molecular complexity index is 497. The summed E-state index contributed by atoms with van der Waals surface area (Å²) < 4.78 is 0. The third kappa shape index (κ3) is 2.87. The van der Waals surface area contributed by atoms with E-state index in [1.165, 1.54) is 13.8 Å². The zero-order valence-electron chi connectivity index (χ0n) is 9.65. The molecule has 0 spiro atoms. The Morgan fingerprint density at radius 3 is 2.06 bits per heavy atom. The summed E-state index contributed by atoms with van der Waals surface area (Å²) in [6.45, 7) is 2.49. The highest BCUT2D eigenvalue weighted by Crippen LogP contribution is 2.10. The standard InChI is InChI=1S/C13H13NO3/c1-8(15)11(9(2)16)12(14)13(17)10-6-4-3-5-7-10/h3-7,14-15H,1-2H3/b11-8-,14-12?. The number of aliphatic hydroxyl groups is 1. The van der Waals surface area contributed by atoms with E-state index in [1.54, 1.807) is 30.3 Å². The molecule has 1 aromatic carbocycles. The van der Waals surface area contributed by atoms with Crippen LogP contribution >= 0.6 is 0 Å². The lowest BCUT2D eigenvalue weighted by Crippen LogP contribution is -2.21. The maximum Gasteiger partial charge on any atom is 0.211 e. The van der Waals surface area contributed by atoms with Crippen LogP contribution in [-0.4, -0.2) is 22.4 Å². The van der Waals surface area contributed by atoms with Crippen LogP contribution < -0.4 is 0 Å². The summed E-state index contributed by atoms with van der Waals surface area (Å²) in [6, 6.07) is 8.20. The van der Waals surface area contributed by atoms with Crippen molar-refractivity contribution in [1.82, 2.24) is 0 Å². The average Bonchev–Trinajstić information content (AvgIpc) is 2.28. The van der Waals surface area contributed by atoms with Crippen molar-refractivity contribution in [2.45, 2.75) is 13.8 Å². The average molecular weight is 231 g/mol. The van der Waals surface area contributed by atoms with Crippen molar-refractivity contribution >= 4 is 17.3 Å². The van der Waals surface area contributed by atoms with Gasteiger partial charge in [-0.1, -0.05) is 30.3 Å². The summed E-state index contributed by atoms with van der Waals surface area (Å²) in [4.78, 5) is 23.1. The second-order valence-corrected chi connectivity index (χ2v) is 3.59. The first kappa shape index (κ1) is 12.8. The Morgan fingerprint density at radius 1 is 1.12 bits per heavy atom. The maximum absolute atomic E-state index is 11.9. The number of hydrogen-bond acceptors (Lipinski definition) is 4. The van der Waals surface area contributed by atoms with Crippen LogP contribution in [0.5, 0.6) is 0 Å². The topological polar surface area (TPSA) is 78.2 Å². The van der Waals surface area contributed by atoms with E-state index in [2.05, 4.69) is 0 Å². The summed E-state index contributed by atoms with van der Waals surface area (Å²) in [7, 11) is 0. The number of aliphatic hydroxyl groups excluding tert-OH is 1. The Morgan fingerprint density at radius 2 is 1.65 bits per heavy atom. The Balaban J connectivity index is 3.11. The molecular weight excluding hydrogens is 218 g/mol. The fourth-order valence-electron chi connectivity index (χ4n) is 1.46. The van der Waals surface area contributed by atoms with E-state index in [0.717, 1.165) is 0 Å². The molecule has 0 aliphatic heterocycles. The molecule has 0 amide bonds. The van der Waals surface area contributed by atoms with Crippen molar-refractivity contribution in [2.24, 2.45) is 0 Å². The number of carbonyl (C=O) groups is 2. The first-order valence-corrected chi connectivity index (χ1v) is 5.04. The molecule has 0 bridgehead atoms. The van der Waals surface area contributed by atoms with E-state index in [-0.39, 0.29) is 11.3 Å². The molecule has 4 heteroatoms. The predicted molar refractivity (Wildman–Crippen MR) is 64.5 cm³/mol. The van der Waals surface area contributed by atoms with Crippen molar-refractivity contribution in [1.29, 1.82) is 5.41 Å². The van der Waals surface area contributed by atoms with Crippen LogP contribution in [0.2, 0.25) is 0 Å². The van der Waals surface area contributed by atoms with Crippen LogP contribution in [-0.2, 0) is 4.79 Å². The number of Topliss-reactive ketones (excluding diaryl/α,β-unsaturated/α-hetero) is 2. The number of rotatable bonds is 4. The van der Waals surface area contributed by atoms with Crippen molar-refractivity contribution in [2.75, 3.05) is 0 Å². The summed E-state index contributed by atoms with van der Waals surface area (Å²) >= 11 is 0. The monoisotopic (exact) mass is 231 g/mol. The fraction of sp³-hybridized carbons (Fsp3) is 0.154. The third-order valence-electron chi connectivity index (χ3n) is 2.23. The van der Waals surface area contributed by atoms with E-state index >= 15 is 0 Å². The molecule has 1 aromatic rings. The minimum Gasteiger partial charge on any atom is -0.512 e. The number of benzene rings is 1. The second kappa shape index (κ2) is 5.21. The molecule has 0 saturated heterocycles. The molecule has 2 N–H and O–H groups in total. The highest BCUT2D eigenvalue weighted by molar-refractivity contribution is 6.55. The number of nitrogens with one attached hydrogen (secondary N) is 1. The van der Waals surface area contributed by atoms with Gasteiger partial charge in [0.2, 0.25) is 5.78 Å². The number of carbonyl (C=O) groups excluding carboxylic acids is 2. The zero-order chi connectivity index (χ0) is 13.0. The molecule has 0 saturated carbocycles. The number of allylic oxidation sites excluding steroid dienone is 2. The highest BCUT2D eigenvalue weighted by atomic mass is 16.3. The van der Waals surface area contributed by atoms with Crippen molar-refractivity contribution in [3.8, 4) is 0 Å². The molecule has 0 atom stereocenters. The second-order valence-electron chi connectivity index (χ2n) is 3.59. The van der Waals surface area contributed by atoms with Gasteiger partial charge in [-0.3, -0.25) is 15.0 Å². The lowest BCUT2D eigenvalue weighted by atomic mass is 9.98. The van der Waals surface area contributed by atoms with Gasteiger partial charge < -0.3 is 5.11 Å². The molecular formula is C13H13NO3. The van der Waals surface area contributed by atoms with Gasteiger partial charge in [0.25, 0.3) is 0 Å². The number of ketones is 2. The van der Waals surface area contributed by atoms with E-state index in [0.29, 0.717) is 5.56 Å². The maximum atomic E-state index is 11.9. The largest absolute Gasteiger partial charge is 0.512 e. The van der Waals surface area contributed by atoms with Gasteiger partial charge in [-0.05, 0) is 13.8 Å². The van der Waals surface area contributed by atoms with Crippen LogP contribution in [0.3, 0.4) is 0 Å². The summed E-state index contributed by atoms with van der Waals surface area (Å²) in [5, 5.41) is 17.0. The summed E-state index contributed by atoms with van der Waals surface area (Å²) in [5.41, 5.74) is -0.403. The normalized spacial score (nSPS) is 11.6. The molecule has 88 valence electrons. The minimum atomic E-state index is -0.579. The molecule has 1 rings (SSSR count). The summed E-state index contributed by atoms with van der Waals surface area (Å²) in [5.74, 6) is -1.39. The molecule has 17 heavy (non-hydrogen) atoms. The van der Waals surface area contributed by atoms with Crippen molar-refractivity contribution in [3.05, 3.63) is 47.2 Å². The Labute approximate surface area is 99.1 Å². The molecule has 0 aliphatic carbocycles. The van der Waals surface area contributed by atoms with E-state index in [9.17, 15) is 14.7 Å². The predicted octanol–water partition coefficient (Wildman–Crippen LogP) is 2.31. The highest BCUT2D eigenvalue weighted by Gasteiger charge is 2.21. The van der Waals surface area contributed by atoms with Crippen LogP contribution in [0.25, 0.3) is 0 Å². The summed E-state index contributed by atoms with van der Waals surface area (Å²) in [6.07, 6.45) is 0. The smallest absolute Gasteiger partial charge is 0.211 e. The van der Waals surface area contributed by atoms with E-state index < -0.39 is 17.3 Å². The molecule has 0 fully saturated rings. The van der Waals surface area contributed by atoms with Gasteiger partial charge in [0.1, 0.15) is 11.5 Å². The first-order valence-electron chi connectivity index (χ1n) is 5.04. The Hall–Kier alpha value is -2.23. The van der Waals surface area contributed by atoms with Gasteiger partial charge in [0.05, 0.1) is 5.57 Å². The van der Waals surface area contributed by atoms with E-state index in [1.807, 2.05) is 0 Å². The lowest BCUT2D eigenvalue weighted by molar-refractivity contribution is -0.113. The molecule has 0 heterocycles.